The average molecular weight is 295 g/mol. The van der Waals surface area contributed by atoms with Gasteiger partial charge in [-0.2, -0.15) is 0 Å². The Kier molecular flexibility index (Phi) is 5.76. The molecule has 2 fully saturated rings. The molecule has 0 aromatic carbocycles. The summed E-state index contributed by atoms with van der Waals surface area (Å²) >= 11 is 0. The highest BCUT2D eigenvalue weighted by Crippen LogP contribution is 2.45. The first-order chi connectivity index (χ1) is 9.89. The monoisotopic (exact) mass is 294 g/mol. The second-order valence-corrected chi connectivity index (χ2v) is 8.74. The second-order valence-electron chi connectivity index (χ2n) is 8.74. The summed E-state index contributed by atoms with van der Waals surface area (Å²) in [5.41, 5.74) is 6.63. The molecule has 2 aliphatic carbocycles. The molecule has 2 aliphatic rings. The quantitative estimate of drug-likeness (QED) is 0.759. The van der Waals surface area contributed by atoms with Crippen LogP contribution in [0.15, 0.2) is 0 Å². The predicted octanol–water partition coefficient (Wildman–Crippen LogP) is 4.29. The van der Waals surface area contributed by atoms with Crippen LogP contribution in [-0.2, 0) is 0 Å². The fourth-order valence-corrected chi connectivity index (χ4v) is 4.27. The van der Waals surface area contributed by atoms with E-state index < -0.39 is 0 Å². The molecule has 0 bridgehead atoms. The Hall–Kier alpha value is -0.0800. The van der Waals surface area contributed by atoms with E-state index in [0.29, 0.717) is 5.41 Å². The van der Waals surface area contributed by atoms with Gasteiger partial charge in [0.1, 0.15) is 0 Å². The van der Waals surface area contributed by atoms with Crippen LogP contribution in [0.3, 0.4) is 0 Å². The molecule has 2 heteroatoms. The molecule has 0 radical (unpaired) electrons. The summed E-state index contributed by atoms with van der Waals surface area (Å²) in [5, 5.41) is 0. The minimum absolute atomic E-state index is 0.491. The molecule has 3 unspecified atom stereocenters. The number of nitrogens with zero attached hydrogens (tertiary/aromatic N) is 1. The van der Waals surface area contributed by atoms with Gasteiger partial charge in [-0.25, -0.2) is 0 Å². The van der Waals surface area contributed by atoms with E-state index in [-0.39, 0.29) is 0 Å². The molecule has 0 spiro atoms. The van der Waals surface area contributed by atoms with Crippen molar-refractivity contribution in [2.24, 2.45) is 28.9 Å². The first-order valence-corrected chi connectivity index (χ1v) is 9.34. The lowest BCUT2D eigenvalue weighted by atomic mass is 9.65. The van der Waals surface area contributed by atoms with Crippen molar-refractivity contribution >= 4 is 0 Å². The van der Waals surface area contributed by atoms with Crippen molar-refractivity contribution in [1.29, 1.82) is 0 Å². The SMILES string of the molecule is CCC(C)(C)C1CCC(CN)C(N(CC(C)C)C2CC2)C1. The largest absolute Gasteiger partial charge is 0.330 e. The number of rotatable bonds is 7. The molecule has 2 rings (SSSR count). The van der Waals surface area contributed by atoms with Gasteiger partial charge in [0.05, 0.1) is 0 Å². The van der Waals surface area contributed by atoms with Crippen LogP contribution in [0, 0.1) is 23.2 Å². The molecule has 21 heavy (non-hydrogen) atoms. The molecule has 3 atom stereocenters. The zero-order valence-electron chi connectivity index (χ0n) is 15.1. The van der Waals surface area contributed by atoms with Gasteiger partial charge in [-0.3, -0.25) is 4.90 Å². The zero-order chi connectivity index (χ0) is 15.6. The molecule has 0 saturated heterocycles. The van der Waals surface area contributed by atoms with Crippen LogP contribution < -0.4 is 5.73 Å². The zero-order valence-corrected chi connectivity index (χ0v) is 15.1. The third-order valence-corrected chi connectivity index (χ3v) is 6.29. The van der Waals surface area contributed by atoms with Crippen molar-refractivity contribution in [3.8, 4) is 0 Å². The van der Waals surface area contributed by atoms with Crippen molar-refractivity contribution in [2.75, 3.05) is 13.1 Å². The van der Waals surface area contributed by atoms with Crippen LogP contribution in [0.1, 0.15) is 73.1 Å². The Bertz CT molecular complexity index is 320. The van der Waals surface area contributed by atoms with Crippen molar-refractivity contribution < 1.29 is 0 Å². The van der Waals surface area contributed by atoms with Gasteiger partial charge in [0, 0.05) is 18.6 Å². The van der Waals surface area contributed by atoms with Crippen molar-refractivity contribution in [2.45, 2.75) is 85.2 Å². The van der Waals surface area contributed by atoms with Gasteiger partial charge in [-0.05, 0) is 61.8 Å². The minimum Gasteiger partial charge on any atom is -0.330 e. The maximum atomic E-state index is 6.14. The maximum absolute atomic E-state index is 6.14. The predicted molar refractivity (Wildman–Crippen MR) is 92.3 cm³/mol. The molecule has 0 heterocycles. The molecule has 0 amide bonds. The molecule has 0 aromatic heterocycles. The van der Waals surface area contributed by atoms with Crippen LogP contribution in [0.5, 0.6) is 0 Å². The fraction of sp³-hybridized carbons (Fsp3) is 1.00. The lowest BCUT2D eigenvalue weighted by Gasteiger charge is -2.47. The molecular weight excluding hydrogens is 256 g/mol. The highest BCUT2D eigenvalue weighted by Gasteiger charge is 2.43. The summed E-state index contributed by atoms with van der Waals surface area (Å²) < 4.78 is 0. The van der Waals surface area contributed by atoms with E-state index in [9.17, 15) is 0 Å². The standard InChI is InChI=1S/C19H38N2/c1-6-19(4,5)16-8-7-15(12-20)18(11-16)21(13-14(2)3)17-9-10-17/h14-18H,6-13,20H2,1-5H3. The average Bonchev–Trinajstić information content (AvgIpc) is 3.28. The number of hydrogen-bond donors (Lipinski definition) is 1. The first kappa shape index (κ1) is 17.3. The van der Waals surface area contributed by atoms with E-state index >= 15 is 0 Å². The van der Waals surface area contributed by atoms with E-state index in [4.69, 9.17) is 5.73 Å². The Morgan fingerprint density at radius 3 is 2.29 bits per heavy atom. The summed E-state index contributed by atoms with van der Waals surface area (Å²) in [7, 11) is 0. The maximum Gasteiger partial charge on any atom is 0.0141 e. The normalized spacial score (nSPS) is 31.1. The summed E-state index contributed by atoms with van der Waals surface area (Å²) in [4.78, 5) is 2.86. The molecule has 0 aromatic rings. The summed E-state index contributed by atoms with van der Waals surface area (Å²) in [6, 6.07) is 1.62. The van der Waals surface area contributed by atoms with Gasteiger partial charge < -0.3 is 5.73 Å². The van der Waals surface area contributed by atoms with Gasteiger partial charge in [0.15, 0.2) is 0 Å². The Balaban J connectivity index is 2.11. The summed E-state index contributed by atoms with van der Waals surface area (Å²) in [6.07, 6.45) is 8.25. The van der Waals surface area contributed by atoms with E-state index in [1.807, 2.05) is 0 Å². The van der Waals surface area contributed by atoms with Crippen LogP contribution in [-0.4, -0.2) is 30.1 Å². The molecule has 2 saturated carbocycles. The number of nitrogens with two attached hydrogens (primary N) is 1. The summed E-state index contributed by atoms with van der Waals surface area (Å²) in [6.45, 7) is 14.2. The highest BCUT2D eigenvalue weighted by atomic mass is 15.2. The second kappa shape index (κ2) is 7.00. The number of hydrogen-bond acceptors (Lipinski definition) is 2. The van der Waals surface area contributed by atoms with Crippen molar-refractivity contribution in [3.05, 3.63) is 0 Å². The van der Waals surface area contributed by atoms with E-state index in [0.717, 1.165) is 36.4 Å². The lowest BCUT2D eigenvalue weighted by molar-refractivity contribution is 0.0273. The van der Waals surface area contributed by atoms with Crippen LogP contribution in [0.2, 0.25) is 0 Å². The van der Waals surface area contributed by atoms with Crippen LogP contribution in [0.4, 0.5) is 0 Å². The van der Waals surface area contributed by atoms with Gasteiger partial charge >= 0.3 is 0 Å². The fourth-order valence-electron chi connectivity index (χ4n) is 4.27. The Labute approximate surface area is 132 Å². The smallest absolute Gasteiger partial charge is 0.0141 e. The van der Waals surface area contributed by atoms with E-state index in [2.05, 4.69) is 39.5 Å². The Morgan fingerprint density at radius 2 is 1.81 bits per heavy atom. The van der Waals surface area contributed by atoms with Crippen LogP contribution >= 0.6 is 0 Å². The van der Waals surface area contributed by atoms with Gasteiger partial charge in [0.2, 0.25) is 0 Å². The molecule has 2 nitrogen and oxygen atoms in total. The highest BCUT2D eigenvalue weighted by molar-refractivity contribution is 4.97. The Morgan fingerprint density at radius 1 is 1.14 bits per heavy atom. The molecule has 0 aliphatic heterocycles. The van der Waals surface area contributed by atoms with Crippen molar-refractivity contribution in [1.82, 2.24) is 4.90 Å². The third kappa shape index (κ3) is 4.22. The van der Waals surface area contributed by atoms with Crippen LogP contribution in [0.25, 0.3) is 0 Å². The third-order valence-electron chi connectivity index (χ3n) is 6.29. The first-order valence-electron chi connectivity index (χ1n) is 9.34. The van der Waals surface area contributed by atoms with Crippen molar-refractivity contribution in [3.63, 3.8) is 0 Å². The van der Waals surface area contributed by atoms with Gasteiger partial charge in [0.25, 0.3) is 0 Å². The van der Waals surface area contributed by atoms with E-state index in [1.165, 1.54) is 45.1 Å². The lowest BCUT2D eigenvalue weighted by Crippen LogP contribution is -2.50. The summed E-state index contributed by atoms with van der Waals surface area (Å²) in [5.74, 6) is 2.38. The molecule has 2 N–H and O–H groups in total. The topological polar surface area (TPSA) is 29.3 Å². The van der Waals surface area contributed by atoms with E-state index in [1.54, 1.807) is 0 Å². The minimum atomic E-state index is 0.491. The van der Waals surface area contributed by atoms with Gasteiger partial charge in [-0.1, -0.05) is 41.0 Å². The molecular formula is C19H38N2. The molecule has 124 valence electrons. The van der Waals surface area contributed by atoms with Gasteiger partial charge in [-0.15, -0.1) is 0 Å².